The largest absolute Gasteiger partial charge is 0.377 e. The summed E-state index contributed by atoms with van der Waals surface area (Å²) >= 11 is 0. The van der Waals surface area contributed by atoms with Crippen LogP contribution in [-0.4, -0.2) is 19.3 Å². The second-order valence-corrected chi connectivity index (χ2v) is 5.15. The third-order valence-electron chi connectivity index (χ3n) is 3.61. The second-order valence-electron chi connectivity index (χ2n) is 5.15. The molecule has 2 heteroatoms. The van der Waals surface area contributed by atoms with Crippen LogP contribution in [-0.2, 0) is 11.3 Å². The standard InChI is InChI=1S/C16H25NO/c1-2-7-11-16(10-6-1)18-13-12-17-14-15-8-4-3-5-9-15/h3-5,8-9,16-17H,1-2,6-7,10-14H2. The van der Waals surface area contributed by atoms with Crippen LogP contribution in [0.3, 0.4) is 0 Å². The predicted molar refractivity (Wildman–Crippen MR) is 75.6 cm³/mol. The molecule has 18 heavy (non-hydrogen) atoms. The molecule has 2 nitrogen and oxygen atoms in total. The first-order valence-corrected chi connectivity index (χ1v) is 7.31. The summed E-state index contributed by atoms with van der Waals surface area (Å²) in [6.07, 6.45) is 8.53. The molecule has 0 atom stereocenters. The predicted octanol–water partition coefficient (Wildman–Crippen LogP) is 3.52. The molecule has 2 rings (SSSR count). The molecule has 0 aromatic heterocycles. The highest BCUT2D eigenvalue weighted by atomic mass is 16.5. The van der Waals surface area contributed by atoms with Crippen molar-refractivity contribution in [3.63, 3.8) is 0 Å². The van der Waals surface area contributed by atoms with Gasteiger partial charge in [-0.05, 0) is 18.4 Å². The van der Waals surface area contributed by atoms with E-state index in [1.165, 1.54) is 44.1 Å². The molecule has 1 aromatic carbocycles. The molecule has 0 unspecified atom stereocenters. The van der Waals surface area contributed by atoms with E-state index in [0.29, 0.717) is 6.10 Å². The van der Waals surface area contributed by atoms with Crippen molar-refractivity contribution in [1.29, 1.82) is 0 Å². The maximum atomic E-state index is 5.94. The Kier molecular flexibility index (Phi) is 6.24. The van der Waals surface area contributed by atoms with Crippen molar-refractivity contribution < 1.29 is 4.74 Å². The number of nitrogens with one attached hydrogen (secondary N) is 1. The van der Waals surface area contributed by atoms with Crippen LogP contribution >= 0.6 is 0 Å². The lowest BCUT2D eigenvalue weighted by Crippen LogP contribution is -2.22. The summed E-state index contributed by atoms with van der Waals surface area (Å²) in [5.74, 6) is 0. The Balaban J connectivity index is 1.53. The fourth-order valence-corrected chi connectivity index (χ4v) is 2.53. The van der Waals surface area contributed by atoms with E-state index in [9.17, 15) is 0 Å². The molecule has 1 fully saturated rings. The van der Waals surface area contributed by atoms with Crippen molar-refractivity contribution in [1.82, 2.24) is 5.32 Å². The summed E-state index contributed by atoms with van der Waals surface area (Å²) in [7, 11) is 0. The highest BCUT2D eigenvalue weighted by Gasteiger charge is 2.11. The molecule has 0 saturated heterocycles. The van der Waals surface area contributed by atoms with E-state index >= 15 is 0 Å². The summed E-state index contributed by atoms with van der Waals surface area (Å²) in [4.78, 5) is 0. The van der Waals surface area contributed by atoms with E-state index in [2.05, 4.69) is 35.6 Å². The molecular weight excluding hydrogens is 222 g/mol. The maximum absolute atomic E-state index is 5.94. The van der Waals surface area contributed by atoms with Gasteiger partial charge in [0.25, 0.3) is 0 Å². The van der Waals surface area contributed by atoms with Crippen LogP contribution < -0.4 is 5.32 Å². The van der Waals surface area contributed by atoms with E-state index in [-0.39, 0.29) is 0 Å². The van der Waals surface area contributed by atoms with Crippen molar-refractivity contribution in [2.24, 2.45) is 0 Å². The number of hydrogen-bond acceptors (Lipinski definition) is 2. The minimum atomic E-state index is 0.519. The zero-order chi connectivity index (χ0) is 12.5. The summed E-state index contributed by atoms with van der Waals surface area (Å²) in [6, 6.07) is 10.5. The molecule has 100 valence electrons. The number of hydrogen-bond donors (Lipinski definition) is 1. The van der Waals surface area contributed by atoms with Crippen molar-refractivity contribution >= 4 is 0 Å². The van der Waals surface area contributed by atoms with E-state index in [0.717, 1.165) is 19.7 Å². The summed E-state index contributed by atoms with van der Waals surface area (Å²) in [5.41, 5.74) is 1.34. The Labute approximate surface area is 111 Å². The first-order valence-electron chi connectivity index (χ1n) is 7.31. The molecule has 1 aliphatic carbocycles. The smallest absolute Gasteiger partial charge is 0.0594 e. The van der Waals surface area contributed by atoms with E-state index in [1.54, 1.807) is 0 Å². The maximum Gasteiger partial charge on any atom is 0.0594 e. The van der Waals surface area contributed by atoms with Crippen LogP contribution in [0, 0.1) is 0 Å². The van der Waals surface area contributed by atoms with Gasteiger partial charge in [0.1, 0.15) is 0 Å². The van der Waals surface area contributed by atoms with Crippen LogP contribution in [0.2, 0.25) is 0 Å². The molecule has 0 bridgehead atoms. The number of benzene rings is 1. The van der Waals surface area contributed by atoms with Crippen molar-refractivity contribution in [2.75, 3.05) is 13.2 Å². The van der Waals surface area contributed by atoms with Gasteiger partial charge >= 0.3 is 0 Å². The van der Waals surface area contributed by atoms with Crippen LogP contribution in [0.15, 0.2) is 30.3 Å². The highest BCUT2D eigenvalue weighted by Crippen LogP contribution is 2.19. The zero-order valence-electron chi connectivity index (χ0n) is 11.2. The van der Waals surface area contributed by atoms with Gasteiger partial charge in [-0.2, -0.15) is 0 Å². The average molecular weight is 247 g/mol. The third-order valence-corrected chi connectivity index (χ3v) is 3.61. The quantitative estimate of drug-likeness (QED) is 0.613. The SMILES string of the molecule is c1ccc(CNCCOC2CCCCCC2)cc1. The topological polar surface area (TPSA) is 21.3 Å². The first kappa shape index (κ1) is 13.6. The van der Waals surface area contributed by atoms with Crippen molar-refractivity contribution in [3.05, 3.63) is 35.9 Å². The minimum absolute atomic E-state index is 0.519. The fraction of sp³-hybridized carbons (Fsp3) is 0.625. The number of rotatable bonds is 6. The molecule has 1 aromatic rings. The molecule has 0 spiro atoms. The minimum Gasteiger partial charge on any atom is -0.377 e. The van der Waals surface area contributed by atoms with E-state index in [4.69, 9.17) is 4.74 Å². The van der Waals surface area contributed by atoms with Gasteiger partial charge in [-0.3, -0.25) is 0 Å². The van der Waals surface area contributed by atoms with Gasteiger partial charge in [-0.25, -0.2) is 0 Å². The van der Waals surface area contributed by atoms with Crippen molar-refractivity contribution in [3.8, 4) is 0 Å². The van der Waals surface area contributed by atoms with Gasteiger partial charge in [-0.1, -0.05) is 56.0 Å². The summed E-state index contributed by atoms with van der Waals surface area (Å²) in [5, 5.41) is 3.43. The van der Waals surface area contributed by atoms with E-state index < -0.39 is 0 Å². The number of ether oxygens (including phenoxy) is 1. The molecule has 0 heterocycles. The Morgan fingerprint density at radius 3 is 2.44 bits per heavy atom. The van der Waals surface area contributed by atoms with E-state index in [1.807, 2.05) is 0 Å². The second kappa shape index (κ2) is 8.28. The van der Waals surface area contributed by atoms with Gasteiger partial charge in [0.2, 0.25) is 0 Å². The molecule has 1 aliphatic rings. The van der Waals surface area contributed by atoms with Crippen LogP contribution in [0.5, 0.6) is 0 Å². The molecule has 0 aliphatic heterocycles. The van der Waals surface area contributed by atoms with Crippen LogP contribution in [0.25, 0.3) is 0 Å². The lowest BCUT2D eigenvalue weighted by Gasteiger charge is -2.15. The first-order chi connectivity index (χ1) is 8.95. The van der Waals surface area contributed by atoms with Gasteiger partial charge in [0.05, 0.1) is 12.7 Å². The molecular formula is C16H25NO. The Morgan fingerprint density at radius 2 is 1.72 bits per heavy atom. The average Bonchev–Trinajstić information content (AvgIpc) is 2.68. The Hall–Kier alpha value is -0.860. The molecule has 1 N–H and O–H groups in total. The lowest BCUT2D eigenvalue weighted by atomic mass is 10.1. The Bertz CT molecular complexity index is 304. The van der Waals surface area contributed by atoms with Gasteiger partial charge in [-0.15, -0.1) is 0 Å². The zero-order valence-corrected chi connectivity index (χ0v) is 11.2. The van der Waals surface area contributed by atoms with Gasteiger partial charge < -0.3 is 10.1 Å². The summed E-state index contributed by atoms with van der Waals surface area (Å²) in [6.45, 7) is 2.73. The molecule has 0 radical (unpaired) electrons. The van der Waals surface area contributed by atoms with Gasteiger partial charge in [0, 0.05) is 13.1 Å². The van der Waals surface area contributed by atoms with Crippen LogP contribution in [0.4, 0.5) is 0 Å². The lowest BCUT2D eigenvalue weighted by molar-refractivity contribution is 0.0450. The Morgan fingerprint density at radius 1 is 1.00 bits per heavy atom. The molecule has 1 saturated carbocycles. The third kappa shape index (κ3) is 5.19. The monoisotopic (exact) mass is 247 g/mol. The molecule has 0 amide bonds. The fourth-order valence-electron chi connectivity index (χ4n) is 2.53. The van der Waals surface area contributed by atoms with Crippen molar-refractivity contribution in [2.45, 2.75) is 51.2 Å². The highest BCUT2D eigenvalue weighted by molar-refractivity contribution is 5.14. The summed E-state index contributed by atoms with van der Waals surface area (Å²) < 4.78 is 5.94. The normalized spacial score (nSPS) is 17.6. The van der Waals surface area contributed by atoms with Crippen LogP contribution in [0.1, 0.15) is 44.1 Å². The van der Waals surface area contributed by atoms with Gasteiger partial charge in [0.15, 0.2) is 0 Å².